The zero-order valence-electron chi connectivity index (χ0n) is 16.0. The third-order valence-electron chi connectivity index (χ3n) is 6.37. The molecular weight excluding hydrogens is 338 g/mol. The van der Waals surface area contributed by atoms with Gasteiger partial charge in [-0.15, -0.1) is 0 Å². The molecule has 0 saturated heterocycles. The third kappa shape index (κ3) is 3.59. The Morgan fingerprint density at radius 1 is 1.00 bits per heavy atom. The summed E-state index contributed by atoms with van der Waals surface area (Å²) in [5.74, 6) is 2.05. The number of aliphatic hydroxyl groups is 1. The summed E-state index contributed by atoms with van der Waals surface area (Å²) in [6.07, 6.45) is 3.69. The molecule has 4 nitrogen and oxygen atoms in total. The fourth-order valence-electron chi connectivity index (χ4n) is 4.85. The van der Waals surface area contributed by atoms with Gasteiger partial charge in [0.15, 0.2) is 0 Å². The van der Waals surface area contributed by atoms with Crippen LogP contribution in [0.3, 0.4) is 0 Å². The molecule has 0 bridgehead atoms. The van der Waals surface area contributed by atoms with Crippen molar-refractivity contribution in [1.82, 2.24) is 4.90 Å². The van der Waals surface area contributed by atoms with Gasteiger partial charge >= 0.3 is 0 Å². The lowest BCUT2D eigenvalue weighted by Gasteiger charge is -2.26. The Labute approximate surface area is 160 Å². The van der Waals surface area contributed by atoms with Crippen LogP contribution in [0.4, 0.5) is 0 Å². The Bertz CT molecular complexity index is 803. The molecule has 27 heavy (non-hydrogen) atoms. The molecule has 2 fully saturated rings. The van der Waals surface area contributed by atoms with Crippen molar-refractivity contribution in [3.8, 4) is 16.9 Å². The number of aliphatic hydroxyl groups excluding tert-OH is 1. The number of fused-ring (bicyclic) bond motifs is 1. The minimum atomic E-state index is -0.136. The third-order valence-corrected chi connectivity index (χ3v) is 6.37. The molecule has 2 aliphatic carbocycles. The first-order chi connectivity index (χ1) is 13.0. The van der Waals surface area contributed by atoms with Gasteiger partial charge in [0, 0.05) is 18.7 Å². The molecule has 4 heteroatoms. The number of rotatable bonds is 4. The van der Waals surface area contributed by atoms with E-state index in [0.717, 1.165) is 48.1 Å². The van der Waals surface area contributed by atoms with Crippen LogP contribution in [0.25, 0.3) is 11.1 Å². The Morgan fingerprint density at radius 2 is 1.67 bits per heavy atom. The van der Waals surface area contributed by atoms with Crippen molar-refractivity contribution in [2.45, 2.75) is 37.8 Å². The Hall–Kier alpha value is -2.33. The molecule has 2 aromatic rings. The van der Waals surface area contributed by atoms with E-state index in [1.165, 1.54) is 0 Å². The number of benzene rings is 2. The van der Waals surface area contributed by atoms with E-state index >= 15 is 0 Å². The minimum Gasteiger partial charge on any atom is -0.497 e. The summed E-state index contributed by atoms with van der Waals surface area (Å²) in [7, 11) is 3.58. The molecule has 0 heterocycles. The summed E-state index contributed by atoms with van der Waals surface area (Å²) in [6.45, 7) is 0. The van der Waals surface area contributed by atoms with E-state index < -0.39 is 0 Å². The molecule has 1 N–H and O–H groups in total. The number of carbonyl (C=O) groups excluding carboxylic acids is 1. The standard InChI is InChI=1S/C23H27NO3/c1-24(20-11-18-13-21(25)14-19(18)12-20)23(26)17-5-3-4-16(10-17)15-6-8-22(27-2)9-7-15/h3-10,18-21,25H,11-14H2,1-2H3/t18-,19+,20?,21?. The van der Waals surface area contributed by atoms with Crippen LogP contribution in [0.2, 0.25) is 0 Å². The largest absolute Gasteiger partial charge is 0.497 e. The second-order valence-electron chi connectivity index (χ2n) is 8.00. The van der Waals surface area contributed by atoms with Gasteiger partial charge in [-0.05, 0) is 72.9 Å². The lowest BCUT2D eigenvalue weighted by Crippen LogP contribution is -2.36. The predicted octanol–water partition coefficient (Wildman–Crippen LogP) is 3.98. The van der Waals surface area contributed by atoms with Gasteiger partial charge in [-0.2, -0.15) is 0 Å². The fourth-order valence-corrected chi connectivity index (χ4v) is 4.85. The summed E-state index contributed by atoms with van der Waals surface area (Å²) >= 11 is 0. The van der Waals surface area contributed by atoms with Crippen molar-refractivity contribution >= 4 is 5.91 Å². The molecule has 2 aromatic carbocycles. The van der Waals surface area contributed by atoms with E-state index in [9.17, 15) is 9.90 Å². The maximum absolute atomic E-state index is 13.1. The van der Waals surface area contributed by atoms with E-state index in [-0.39, 0.29) is 18.1 Å². The molecule has 0 spiro atoms. The first-order valence-electron chi connectivity index (χ1n) is 9.75. The highest BCUT2D eigenvalue weighted by Gasteiger charge is 2.43. The van der Waals surface area contributed by atoms with Crippen LogP contribution >= 0.6 is 0 Å². The maximum atomic E-state index is 13.1. The monoisotopic (exact) mass is 365 g/mol. The van der Waals surface area contributed by atoms with Crippen molar-refractivity contribution in [3.63, 3.8) is 0 Å². The van der Waals surface area contributed by atoms with Crippen molar-refractivity contribution in [3.05, 3.63) is 54.1 Å². The number of amides is 1. The predicted molar refractivity (Wildman–Crippen MR) is 106 cm³/mol. The Balaban J connectivity index is 1.49. The average molecular weight is 365 g/mol. The second-order valence-corrected chi connectivity index (χ2v) is 8.00. The van der Waals surface area contributed by atoms with Gasteiger partial charge in [0.05, 0.1) is 13.2 Å². The SMILES string of the molecule is COc1ccc(-c2cccc(C(=O)N(C)C3C[C@H]4CC(O)C[C@H]4C3)c2)cc1. The fraction of sp³-hybridized carbons (Fsp3) is 0.435. The van der Waals surface area contributed by atoms with Crippen LogP contribution in [-0.4, -0.2) is 42.2 Å². The lowest BCUT2D eigenvalue weighted by atomic mass is 10.0. The van der Waals surface area contributed by atoms with Crippen LogP contribution in [0.15, 0.2) is 48.5 Å². The van der Waals surface area contributed by atoms with Gasteiger partial charge in [0.2, 0.25) is 0 Å². The molecule has 2 aliphatic rings. The molecular formula is C23H27NO3. The summed E-state index contributed by atoms with van der Waals surface area (Å²) < 4.78 is 5.22. The number of methoxy groups -OCH3 is 1. The molecule has 142 valence electrons. The molecule has 1 amide bonds. The van der Waals surface area contributed by atoms with E-state index in [1.54, 1.807) is 7.11 Å². The van der Waals surface area contributed by atoms with Crippen molar-refractivity contribution in [2.24, 2.45) is 11.8 Å². The van der Waals surface area contributed by atoms with Crippen LogP contribution in [0, 0.1) is 11.8 Å². The smallest absolute Gasteiger partial charge is 0.253 e. The summed E-state index contributed by atoms with van der Waals surface area (Å²) in [5, 5.41) is 9.83. The maximum Gasteiger partial charge on any atom is 0.253 e. The van der Waals surface area contributed by atoms with Crippen LogP contribution in [-0.2, 0) is 0 Å². The first kappa shape index (κ1) is 18.1. The second kappa shape index (κ2) is 7.35. The van der Waals surface area contributed by atoms with Crippen molar-refractivity contribution < 1.29 is 14.6 Å². The molecule has 0 aromatic heterocycles. The highest BCUT2D eigenvalue weighted by molar-refractivity contribution is 5.95. The molecule has 2 unspecified atom stereocenters. The van der Waals surface area contributed by atoms with Crippen molar-refractivity contribution in [1.29, 1.82) is 0 Å². The summed E-state index contributed by atoms with van der Waals surface area (Å²) in [5.41, 5.74) is 2.82. The number of ether oxygens (including phenoxy) is 1. The number of hydrogen-bond acceptors (Lipinski definition) is 3. The van der Waals surface area contributed by atoms with Gasteiger partial charge in [-0.25, -0.2) is 0 Å². The number of nitrogens with zero attached hydrogens (tertiary/aromatic N) is 1. The topological polar surface area (TPSA) is 49.8 Å². The molecule has 4 rings (SSSR count). The van der Waals surface area contributed by atoms with Crippen molar-refractivity contribution in [2.75, 3.05) is 14.2 Å². The average Bonchev–Trinajstić information content (AvgIpc) is 3.24. The molecule has 0 radical (unpaired) electrons. The molecule has 4 atom stereocenters. The van der Waals surface area contributed by atoms with Gasteiger partial charge in [0.25, 0.3) is 5.91 Å². The van der Waals surface area contributed by atoms with E-state index in [4.69, 9.17) is 4.74 Å². The van der Waals surface area contributed by atoms with E-state index in [0.29, 0.717) is 11.8 Å². The quantitative estimate of drug-likeness (QED) is 0.891. The highest BCUT2D eigenvalue weighted by Crippen LogP contribution is 2.45. The van der Waals surface area contributed by atoms with Gasteiger partial charge in [0.1, 0.15) is 5.75 Å². The summed E-state index contributed by atoms with van der Waals surface area (Å²) in [6, 6.07) is 16.0. The molecule has 0 aliphatic heterocycles. The number of hydrogen-bond donors (Lipinski definition) is 1. The Kier molecular flexibility index (Phi) is 4.92. The number of carbonyl (C=O) groups is 1. The van der Waals surface area contributed by atoms with Crippen LogP contribution in [0.5, 0.6) is 5.75 Å². The Morgan fingerprint density at radius 3 is 2.30 bits per heavy atom. The van der Waals surface area contributed by atoms with E-state index in [1.807, 2.05) is 60.5 Å². The lowest BCUT2D eigenvalue weighted by molar-refractivity contribution is 0.0722. The van der Waals surface area contributed by atoms with Gasteiger partial charge < -0.3 is 14.7 Å². The highest BCUT2D eigenvalue weighted by atomic mass is 16.5. The van der Waals surface area contributed by atoms with Gasteiger partial charge in [-0.1, -0.05) is 24.3 Å². The van der Waals surface area contributed by atoms with Gasteiger partial charge in [-0.3, -0.25) is 4.79 Å². The minimum absolute atomic E-state index is 0.0795. The first-order valence-corrected chi connectivity index (χ1v) is 9.75. The van der Waals surface area contributed by atoms with Crippen LogP contribution in [0.1, 0.15) is 36.0 Å². The zero-order valence-corrected chi connectivity index (χ0v) is 16.0. The summed E-state index contributed by atoms with van der Waals surface area (Å²) in [4.78, 5) is 15.0. The zero-order chi connectivity index (χ0) is 19.0. The van der Waals surface area contributed by atoms with Crippen LogP contribution < -0.4 is 4.74 Å². The molecule has 2 saturated carbocycles. The normalized spacial score (nSPS) is 26.6. The van der Waals surface area contributed by atoms with E-state index in [2.05, 4.69) is 0 Å².